The monoisotopic (exact) mass is 295 g/mol. The molecule has 1 aromatic carbocycles. The Morgan fingerprint density at radius 2 is 2.12 bits per heavy atom. The summed E-state index contributed by atoms with van der Waals surface area (Å²) >= 11 is 3.46. The van der Waals surface area contributed by atoms with Crippen molar-refractivity contribution in [1.82, 2.24) is 10.1 Å². The first-order valence-corrected chi connectivity index (χ1v) is 6.22. The van der Waals surface area contributed by atoms with Gasteiger partial charge in [-0.1, -0.05) is 40.1 Å². The van der Waals surface area contributed by atoms with Crippen LogP contribution >= 0.6 is 15.9 Å². The Kier molecular flexibility index (Phi) is 3.31. The van der Waals surface area contributed by atoms with Crippen LogP contribution in [0.3, 0.4) is 0 Å². The summed E-state index contributed by atoms with van der Waals surface area (Å²) in [6, 6.07) is 7.73. The van der Waals surface area contributed by atoms with Crippen LogP contribution in [0.15, 0.2) is 33.3 Å². The van der Waals surface area contributed by atoms with Crippen LogP contribution in [0.1, 0.15) is 26.2 Å². The molecule has 1 heterocycles. The summed E-state index contributed by atoms with van der Waals surface area (Å²) < 4.78 is 6.16. The van der Waals surface area contributed by atoms with Crippen molar-refractivity contribution in [2.24, 2.45) is 5.73 Å². The van der Waals surface area contributed by atoms with Gasteiger partial charge in [0.25, 0.3) is 0 Å². The lowest BCUT2D eigenvalue weighted by atomic mass is 10.0. The maximum Gasteiger partial charge on any atom is 0.246 e. The van der Waals surface area contributed by atoms with Gasteiger partial charge in [-0.05, 0) is 25.5 Å². The zero-order valence-electron chi connectivity index (χ0n) is 9.77. The molecule has 0 radical (unpaired) electrons. The predicted octanol–water partition coefficient (Wildman–Crippen LogP) is 3.08. The molecule has 0 aliphatic carbocycles. The van der Waals surface area contributed by atoms with Gasteiger partial charge in [0.1, 0.15) is 0 Å². The molecule has 0 fully saturated rings. The molecule has 0 aliphatic rings. The zero-order valence-corrected chi connectivity index (χ0v) is 11.4. The fourth-order valence-corrected chi connectivity index (χ4v) is 1.82. The van der Waals surface area contributed by atoms with Crippen LogP contribution < -0.4 is 5.73 Å². The van der Waals surface area contributed by atoms with Crippen LogP contribution in [-0.4, -0.2) is 10.1 Å². The van der Waals surface area contributed by atoms with Crippen molar-refractivity contribution in [3.8, 4) is 11.4 Å². The number of nitrogens with two attached hydrogens (primary N) is 1. The summed E-state index contributed by atoms with van der Waals surface area (Å²) in [5, 5.41) is 3.97. The quantitative estimate of drug-likeness (QED) is 0.945. The molecule has 1 atom stereocenters. The molecule has 2 aromatic rings. The molecule has 2 N–H and O–H groups in total. The fraction of sp³-hybridized carbons (Fsp3) is 0.333. The van der Waals surface area contributed by atoms with Gasteiger partial charge in [0.05, 0.1) is 5.54 Å². The average molecular weight is 296 g/mol. The van der Waals surface area contributed by atoms with Crippen LogP contribution in [0.5, 0.6) is 0 Å². The number of benzene rings is 1. The van der Waals surface area contributed by atoms with E-state index in [9.17, 15) is 0 Å². The number of rotatable bonds is 3. The van der Waals surface area contributed by atoms with Gasteiger partial charge in [-0.3, -0.25) is 0 Å². The summed E-state index contributed by atoms with van der Waals surface area (Å²) in [7, 11) is 0. The Balaban J connectivity index is 2.40. The van der Waals surface area contributed by atoms with E-state index in [1.807, 2.05) is 38.1 Å². The molecule has 1 unspecified atom stereocenters. The van der Waals surface area contributed by atoms with Crippen molar-refractivity contribution in [3.05, 3.63) is 34.6 Å². The maximum atomic E-state index is 6.06. The van der Waals surface area contributed by atoms with Gasteiger partial charge in [-0.25, -0.2) is 0 Å². The van der Waals surface area contributed by atoms with E-state index in [0.29, 0.717) is 11.7 Å². The summed E-state index contributed by atoms with van der Waals surface area (Å²) in [5.41, 5.74) is 6.38. The van der Waals surface area contributed by atoms with Crippen molar-refractivity contribution in [2.75, 3.05) is 0 Å². The largest absolute Gasteiger partial charge is 0.337 e. The van der Waals surface area contributed by atoms with Crippen LogP contribution in [0.4, 0.5) is 0 Å². The lowest BCUT2D eigenvalue weighted by Crippen LogP contribution is -2.32. The van der Waals surface area contributed by atoms with Crippen molar-refractivity contribution < 1.29 is 4.52 Å². The number of hydrogen-bond donors (Lipinski definition) is 1. The second-order valence-corrected chi connectivity index (χ2v) is 5.03. The molecule has 1 aromatic heterocycles. The SMILES string of the molecule is CCC(C)(N)c1nc(-c2ccccc2Br)no1. The highest BCUT2D eigenvalue weighted by molar-refractivity contribution is 9.10. The highest BCUT2D eigenvalue weighted by Gasteiger charge is 2.26. The normalized spacial score (nSPS) is 14.6. The summed E-state index contributed by atoms with van der Waals surface area (Å²) in [4.78, 5) is 4.35. The van der Waals surface area contributed by atoms with Crippen molar-refractivity contribution in [2.45, 2.75) is 25.8 Å². The second kappa shape index (κ2) is 4.58. The zero-order chi connectivity index (χ0) is 12.5. The first kappa shape index (κ1) is 12.3. The van der Waals surface area contributed by atoms with E-state index in [-0.39, 0.29) is 0 Å². The Bertz CT molecular complexity index is 522. The summed E-state index contributed by atoms with van der Waals surface area (Å²) in [6.07, 6.45) is 0.741. The maximum absolute atomic E-state index is 6.06. The summed E-state index contributed by atoms with van der Waals surface area (Å²) in [5.74, 6) is 1.02. The fourth-order valence-electron chi connectivity index (χ4n) is 1.36. The van der Waals surface area contributed by atoms with Crippen LogP contribution in [-0.2, 0) is 5.54 Å². The third-order valence-corrected chi connectivity index (χ3v) is 3.46. The van der Waals surface area contributed by atoms with Gasteiger partial charge in [0.2, 0.25) is 11.7 Å². The Morgan fingerprint density at radius 3 is 2.76 bits per heavy atom. The van der Waals surface area contributed by atoms with Gasteiger partial charge in [-0.15, -0.1) is 0 Å². The van der Waals surface area contributed by atoms with Crippen LogP contribution in [0.25, 0.3) is 11.4 Å². The highest BCUT2D eigenvalue weighted by atomic mass is 79.9. The first-order chi connectivity index (χ1) is 8.04. The number of nitrogens with zero attached hydrogens (tertiary/aromatic N) is 2. The van der Waals surface area contributed by atoms with Crippen molar-refractivity contribution in [3.63, 3.8) is 0 Å². The van der Waals surface area contributed by atoms with Gasteiger partial charge < -0.3 is 10.3 Å². The van der Waals surface area contributed by atoms with E-state index in [1.54, 1.807) is 0 Å². The Morgan fingerprint density at radius 1 is 1.41 bits per heavy atom. The molecule has 2 rings (SSSR count). The van der Waals surface area contributed by atoms with Gasteiger partial charge in [0, 0.05) is 10.0 Å². The molecule has 4 nitrogen and oxygen atoms in total. The summed E-state index contributed by atoms with van der Waals surface area (Å²) in [6.45, 7) is 3.87. The first-order valence-electron chi connectivity index (χ1n) is 5.42. The van der Waals surface area contributed by atoms with Crippen molar-refractivity contribution in [1.29, 1.82) is 0 Å². The molecule has 0 spiro atoms. The number of hydrogen-bond acceptors (Lipinski definition) is 4. The average Bonchev–Trinajstić information content (AvgIpc) is 2.79. The molecule has 0 saturated heterocycles. The molecule has 0 amide bonds. The van der Waals surface area contributed by atoms with Gasteiger partial charge in [0.15, 0.2) is 0 Å². The third kappa shape index (κ3) is 2.40. The molecule has 90 valence electrons. The minimum atomic E-state index is -0.577. The van der Waals surface area contributed by atoms with Crippen LogP contribution in [0.2, 0.25) is 0 Å². The molecule has 0 aliphatic heterocycles. The Labute approximate surface area is 108 Å². The lowest BCUT2D eigenvalue weighted by molar-refractivity contribution is 0.291. The molecule has 0 bridgehead atoms. The second-order valence-electron chi connectivity index (χ2n) is 4.17. The van der Waals surface area contributed by atoms with E-state index in [0.717, 1.165) is 16.5 Å². The Hall–Kier alpha value is -1.20. The predicted molar refractivity (Wildman–Crippen MR) is 69.3 cm³/mol. The smallest absolute Gasteiger partial charge is 0.246 e. The number of halogens is 1. The van der Waals surface area contributed by atoms with Crippen LogP contribution in [0, 0.1) is 0 Å². The lowest BCUT2D eigenvalue weighted by Gasteiger charge is -2.16. The van der Waals surface area contributed by atoms with E-state index >= 15 is 0 Å². The molecule has 5 heteroatoms. The van der Waals surface area contributed by atoms with Gasteiger partial charge >= 0.3 is 0 Å². The minimum Gasteiger partial charge on any atom is -0.337 e. The van der Waals surface area contributed by atoms with E-state index in [1.165, 1.54) is 0 Å². The number of aromatic nitrogens is 2. The standard InChI is InChI=1S/C12H14BrN3O/c1-3-12(2,14)11-15-10(16-17-11)8-6-4-5-7-9(8)13/h4-7H,3,14H2,1-2H3. The third-order valence-electron chi connectivity index (χ3n) is 2.76. The highest BCUT2D eigenvalue weighted by Crippen LogP contribution is 2.27. The minimum absolute atomic E-state index is 0.464. The van der Waals surface area contributed by atoms with Gasteiger partial charge in [-0.2, -0.15) is 4.98 Å². The molecule has 0 saturated carbocycles. The topological polar surface area (TPSA) is 64.9 Å². The van der Waals surface area contributed by atoms with E-state index in [4.69, 9.17) is 10.3 Å². The molecular formula is C12H14BrN3O. The molecular weight excluding hydrogens is 282 g/mol. The van der Waals surface area contributed by atoms with E-state index < -0.39 is 5.54 Å². The molecule has 17 heavy (non-hydrogen) atoms. The van der Waals surface area contributed by atoms with Crippen molar-refractivity contribution >= 4 is 15.9 Å². The van der Waals surface area contributed by atoms with E-state index in [2.05, 4.69) is 26.1 Å².